The molecule has 0 unspecified atom stereocenters. The lowest BCUT2D eigenvalue weighted by Crippen LogP contribution is -2.41. The van der Waals surface area contributed by atoms with Crippen LogP contribution in [0, 0.1) is 17.0 Å². The van der Waals surface area contributed by atoms with Crippen LogP contribution in [0.5, 0.6) is 5.75 Å². The van der Waals surface area contributed by atoms with Gasteiger partial charge >= 0.3 is 0 Å². The van der Waals surface area contributed by atoms with Gasteiger partial charge in [0.1, 0.15) is 11.4 Å². The van der Waals surface area contributed by atoms with Crippen LogP contribution in [0.3, 0.4) is 0 Å². The molecule has 140 valence electrons. The fraction of sp³-hybridized carbons (Fsp3) is 0.286. The highest BCUT2D eigenvalue weighted by molar-refractivity contribution is 5.92. The zero-order chi connectivity index (χ0) is 19.6. The number of non-ortho nitro benzene ring substituents is 1. The Kier molecular flexibility index (Phi) is 4.99. The van der Waals surface area contributed by atoms with Gasteiger partial charge in [0.2, 0.25) is 5.91 Å². The molecule has 1 heterocycles. The van der Waals surface area contributed by atoms with E-state index in [0.29, 0.717) is 6.42 Å². The van der Waals surface area contributed by atoms with Crippen molar-refractivity contribution in [2.75, 3.05) is 0 Å². The molecule has 0 radical (unpaired) electrons. The van der Waals surface area contributed by atoms with E-state index in [1.165, 1.54) is 18.2 Å². The molecule has 6 heteroatoms. The summed E-state index contributed by atoms with van der Waals surface area (Å²) in [6, 6.07) is 11.9. The van der Waals surface area contributed by atoms with Gasteiger partial charge in [-0.2, -0.15) is 0 Å². The minimum atomic E-state index is -0.452. The quantitative estimate of drug-likeness (QED) is 0.496. The SMILES string of the molecule is Cc1ccc2c(c1)[C@@H](NC(=O)/C=C/c1ccc([N+](=O)[O-])cc1)CC(C)(C)O2. The number of aryl methyl sites for hydroxylation is 1. The van der Waals surface area contributed by atoms with Crippen molar-refractivity contribution in [1.82, 2.24) is 5.32 Å². The fourth-order valence-corrected chi connectivity index (χ4v) is 3.20. The Hall–Kier alpha value is -3.15. The average molecular weight is 366 g/mol. The second-order valence-corrected chi connectivity index (χ2v) is 7.35. The van der Waals surface area contributed by atoms with Gasteiger partial charge in [0.15, 0.2) is 0 Å². The normalized spacial score (nSPS) is 17.8. The summed E-state index contributed by atoms with van der Waals surface area (Å²) in [7, 11) is 0. The first-order chi connectivity index (χ1) is 12.7. The van der Waals surface area contributed by atoms with Gasteiger partial charge in [-0.25, -0.2) is 0 Å². The van der Waals surface area contributed by atoms with Crippen LogP contribution in [0.25, 0.3) is 6.08 Å². The Bertz CT molecular complexity index is 901. The van der Waals surface area contributed by atoms with E-state index in [4.69, 9.17) is 4.74 Å². The summed E-state index contributed by atoms with van der Waals surface area (Å²) in [6.45, 7) is 6.01. The Morgan fingerprint density at radius 1 is 1.26 bits per heavy atom. The van der Waals surface area contributed by atoms with E-state index in [1.54, 1.807) is 18.2 Å². The second kappa shape index (κ2) is 7.23. The number of rotatable bonds is 4. The van der Waals surface area contributed by atoms with E-state index in [2.05, 4.69) is 5.32 Å². The molecule has 2 aromatic rings. The zero-order valence-electron chi connectivity index (χ0n) is 15.6. The lowest BCUT2D eigenvalue weighted by atomic mass is 9.89. The first-order valence-corrected chi connectivity index (χ1v) is 8.76. The molecule has 0 saturated carbocycles. The molecule has 6 nitrogen and oxygen atoms in total. The van der Waals surface area contributed by atoms with Crippen molar-refractivity contribution in [3.63, 3.8) is 0 Å². The molecule has 0 bridgehead atoms. The molecule has 0 aromatic heterocycles. The van der Waals surface area contributed by atoms with Crippen molar-refractivity contribution in [1.29, 1.82) is 0 Å². The van der Waals surface area contributed by atoms with Crippen molar-refractivity contribution in [2.45, 2.75) is 38.8 Å². The number of nitrogens with zero attached hydrogens (tertiary/aromatic N) is 1. The van der Waals surface area contributed by atoms with Crippen molar-refractivity contribution in [3.8, 4) is 5.75 Å². The molecule has 1 atom stereocenters. The lowest BCUT2D eigenvalue weighted by Gasteiger charge is -2.38. The minimum Gasteiger partial charge on any atom is -0.487 e. The first-order valence-electron chi connectivity index (χ1n) is 8.76. The third-order valence-corrected chi connectivity index (χ3v) is 4.47. The molecule has 0 fully saturated rings. The smallest absolute Gasteiger partial charge is 0.269 e. The highest BCUT2D eigenvalue weighted by Crippen LogP contribution is 2.39. The average Bonchev–Trinajstić information content (AvgIpc) is 2.60. The molecule has 2 aromatic carbocycles. The molecular weight excluding hydrogens is 344 g/mol. The molecule has 0 spiro atoms. The number of fused-ring (bicyclic) bond motifs is 1. The molecule has 0 aliphatic carbocycles. The topological polar surface area (TPSA) is 81.5 Å². The predicted octanol–water partition coefficient (Wildman–Crippen LogP) is 4.34. The van der Waals surface area contributed by atoms with E-state index < -0.39 is 4.92 Å². The van der Waals surface area contributed by atoms with Gasteiger partial charge in [0, 0.05) is 30.2 Å². The van der Waals surface area contributed by atoms with Gasteiger partial charge in [-0.3, -0.25) is 14.9 Å². The third-order valence-electron chi connectivity index (χ3n) is 4.47. The summed E-state index contributed by atoms with van der Waals surface area (Å²) >= 11 is 0. The monoisotopic (exact) mass is 366 g/mol. The second-order valence-electron chi connectivity index (χ2n) is 7.35. The Balaban J connectivity index is 1.73. The maximum atomic E-state index is 12.4. The van der Waals surface area contributed by atoms with Gasteiger partial charge < -0.3 is 10.1 Å². The lowest BCUT2D eigenvalue weighted by molar-refractivity contribution is -0.384. The van der Waals surface area contributed by atoms with Crippen LogP contribution in [-0.2, 0) is 4.79 Å². The molecule has 1 amide bonds. The number of ether oxygens (including phenoxy) is 1. The van der Waals surface area contributed by atoms with E-state index in [1.807, 2.05) is 39.0 Å². The summed E-state index contributed by atoms with van der Waals surface area (Å²) in [5, 5.41) is 13.7. The van der Waals surface area contributed by atoms with Crippen LogP contribution in [0.4, 0.5) is 5.69 Å². The standard InChI is InChI=1S/C21H22N2O4/c1-14-4-10-19-17(12-14)18(13-21(2,3)27-19)22-20(24)11-7-15-5-8-16(9-6-15)23(25)26/h4-12,18H,13H2,1-3H3,(H,22,24)/b11-7+/t18-/m0/s1. The van der Waals surface area contributed by atoms with Gasteiger partial charge in [-0.05, 0) is 50.6 Å². The summed E-state index contributed by atoms with van der Waals surface area (Å²) < 4.78 is 6.02. The Labute approximate surface area is 158 Å². The summed E-state index contributed by atoms with van der Waals surface area (Å²) in [4.78, 5) is 22.7. The number of nitro groups is 1. The number of carbonyl (C=O) groups excluding carboxylic acids is 1. The van der Waals surface area contributed by atoms with Crippen molar-refractivity contribution in [3.05, 3.63) is 75.3 Å². The molecule has 1 aliphatic heterocycles. The highest BCUT2D eigenvalue weighted by Gasteiger charge is 2.34. The van der Waals surface area contributed by atoms with Crippen molar-refractivity contribution >= 4 is 17.7 Å². The predicted molar refractivity (Wildman–Crippen MR) is 104 cm³/mol. The summed E-state index contributed by atoms with van der Waals surface area (Å²) in [6.07, 6.45) is 3.75. The van der Waals surface area contributed by atoms with E-state index in [0.717, 1.165) is 22.4 Å². The van der Waals surface area contributed by atoms with E-state index in [-0.39, 0.29) is 23.2 Å². The van der Waals surface area contributed by atoms with Crippen molar-refractivity contribution in [2.24, 2.45) is 0 Å². The number of benzene rings is 2. The maximum Gasteiger partial charge on any atom is 0.269 e. The molecule has 0 saturated heterocycles. The Morgan fingerprint density at radius 3 is 2.63 bits per heavy atom. The fourth-order valence-electron chi connectivity index (χ4n) is 3.20. The largest absolute Gasteiger partial charge is 0.487 e. The third kappa shape index (κ3) is 4.53. The number of hydrogen-bond acceptors (Lipinski definition) is 4. The van der Waals surface area contributed by atoms with Crippen LogP contribution < -0.4 is 10.1 Å². The number of nitro benzene ring substituents is 1. The van der Waals surface area contributed by atoms with Crippen LogP contribution >= 0.6 is 0 Å². The van der Waals surface area contributed by atoms with E-state index in [9.17, 15) is 14.9 Å². The van der Waals surface area contributed by atoms with Gasteiger partial charge in [-0.1, -0.05) is 17.7 Å². The van der Waals surface area contributed by atoms with Gasteiger partial charge in [0.25, 0.3) is 5.69 Å². The molecule has 1 aliphatic rings. The maximum absolute atomic E-state index is 12.4. The van der Waals surface area contributed by atoms with Gasteiger partial charge in [0.05, 0.1) is 11.0 Å². The van der Waals surface area contributed by atoms with Crippen LogP contribution in [0.2, 0.25) is 0 Å². The van der Waals surface area contributed by atoms with Crippen LogP contribution in [0.15, 0.2) is 48.5 Å². The molecule has 3 rings (SSSR count). The molecule has 1 N–H and O–H groups in total. The first kappa shape index (κ1) is 18.6. The highest BCUT2D eigenvalue weighted by atomic mass is 16.6. The van der Waals surface area contributed by atoms with Crippen LogP contribution in [-0.4, -0.2) is 16.4 Å². The summed E-state index contributed by atoms with van der Waals surface area (Å²) in [5.41, 5.74) is 2.46. The van der Waals surface area contributed by atoms with Crippen LogP contribution in [0.1, 0.15) is 43.0 Å². The minimum absolute atomic E-state index is 0.0213. The molecule has 27 heavy (non-hydrogen) atoms. The number of carbonyl (C=O) groups is 1. The zero-order valence-corrected chi connectivity index (χ0v) is 15.6. The number of hydrogen-bond donors (Lipinski definition) is 1. The number of nitrogens with one attached hydrogen (secondary N) is 1. The van der Waals surface area contributed by atoms with Crippen molar-refractivity contribution < 1.29 is 14.5 Å². The molecular formula is C21H22N2O4. The summed E-state index contributed by atoms with van der Waals surface area (Å²) in [5.74, 6) is 0.574. The van der Waals surface area contributed by atoms with E-state index >= 15 is 0 Å². The van der Waals surface area contributed by atoms with Gasteiger partial charge in [-0.15, -0.1) is 0 Å². The number of amides is 1. The Morgan fingerprint density at radius 2 is 1.96 bits per heavy atom.